The van der Waals surface area contributed by atoms with E-state index in [4.69, 9.17) is 5.11 Å². The summed E-state index contributed by atoms with van der Waals surface area (Å²) in [6.45, 7) is 3.61. The first kappa shape index (κ1) is 18.1. The molecule has 0 amide bonds. The maximum Gasteiger partial charge on any atom is 0.416 e. The molecule has 2 N–H and O–H groups in total. The Kier molecular flexibility index (Phi) is 6.95. The number of nitrogens with one attached hydrogen (secondary N) is 1. The molecular weight excluding hydrogens is 295 g/mol. The molecule has 0 radical (unpaired) electrons. The highest BCUT2D eigenvalue weighted by Crippen LogP contribution is 2.30. The minimum Gasteiger partial charge on any atom is -0.480 e. The normalized spacial score (nSPS) is 12.7. The zero-order chi connectivity index (χ0) is 16.6. The Morgan fingerprint density at radius 1 is 1.32 bits per heavy atom. The molecule has 0 aliphatic rings. The number of carbonyl (C=O) groups is 1. The molecule has 22 heavy (non-hydrogen) atoms. The zero-order valence-corrected chi connectivity index (χ0v) is 12.2. The Hall–Kier alpha value is -1.98. The van der Waals surface area contributed by atoms with Crippen LogP contribution in [0.1, 0.15) is 37.7 Å². The van der Waals surface area contributed by atoms with Crippen LogP contribution < -0.4 is 5.32 Å². The lowest BCUT2D eigenvalue weighted by atomic mass is 10.1. The molecule has 0 heterocycles. The highest BCUT2D eigenvalue weighted by Gasteiger charge is 2.30. The second-order valence-corrected chi connectivity index (χ2v) is 5.04. The maximum atomic E-state index is 12.6. The van der Waals surface area contributed by atoms with Crippen molar-refractivity contribution in [1.82, 2.24) is 0 Å². The van der Waals surface area contributed by atoms with Crippen LogP contribution in [-0.4, -0.2) is 17.1 Å². The lowest BCUT2D eigenvalue weighted by molar-refractivity contribution is -0.138. The molecule has 0 spiro atoms. The van der Waals surface area contributed by atoms with Gasteiger partial charge >= 0.3 is 12.1 Å². The molecule has 0 fully saturated rings. The van der Waals surface area contributed by atoms with Gasteiger partial charge in [0.05, 0.1) is 5.56 Å². The monoisotopic (exact) mass is 315 g/mol. The Morgan fingerprint density at radius 3 is 2.64 bits per heavy atom. The summed E-state index contributed by atoms with van der Waals surface area (Å²) in [5.41, 5.74) is -0.638. The van der Waals surface area contributed by atoms with E-state index in [1.807, 2.05) is 0 Å². The summed E-state index contributed by atoms with van der Waals surface area (Å²) >= 11 is 0. The summed E-state index contributed by atoms with van der Waals surface area (Å²) in [5, 5.41) is 11.8. The quantitative estimate of drug-likeness (QED) is 0.512. The van der Waals surface area contributed by atoms with Crippen molar-refractivity contribution in [3.63, 3.8) is 0 Å². The Bertz CT molecular complexity index is 500. The van der Waals surface area contributed by atoms with E-state index in [2.05, 4.69) is 11.9 Å². The molecule has 0 saturated carbocycles. The second-order valence-electron chi connectivity index (χ2n) is 5.04. The van der Waals surface area contributed by atoms with Crippen LogP contribution in [0.25, 0.3) is 0 Å². The summed E-state index contributed by atoms with van der Waals surface area (Å²) in [7, 11) is 0. The van der Waals surface area contributed by atoms with Crippen molar-refractivity contribution in [2.75, 3.05) is 5.32 Å². The van der Waals surface area contributed by atoms with Crippen molar-refractivity contribution in [3.8, 4) is 0 Å². The summed E-state index contributed by atoms with van der Waals surface area (Å²) in [4.78, 5) is 11.2. The van der Waals surface area contributed by atoms with E-state index in [1.54, 1.807) is 6.08 Å². The molecule has 1 aromatic rings. The molecule has 0 aliphatic heterocycles. The topological polar surface area (TPSA) is 49.3 Å². The molecule has 0 unspecified atom stereocenters. The number of alkyl halides is 3. The minimum atomic E-state index is -4.44. The molecule has 0 aromatic heterocycles. The van der Waals surface area contributed by atoms with Crippen LogP contribution in [0.5, 0.6) is 0 Å². The van der Waals surface area contributed by atoms with E-state index in [9.17, 15) is 18.0 Å². The number of rotatable bonds is 9. The van der Waals surface area contributed by atoms with E-state index >= 15 is 0 Å². The number of carboxylic acids is 1. The van der Waals surface area contributed by atoms with Crippen LogP contribution in [0.2, 0.25) is 0 Å². The SMILES string of the molecule is C=CCCCCC[C@H](Nc1cccc(C(F)(F)F)c1)C(=O)O. The predicted octanol–water partition coefficient (Wildman–Crippen LogP) is 4.71. The van der Waals surface area contributed by atoms with Crippen molar-refractivity contribution in [1.29, 1.82) is 0 Å². The fraction of sp³-hybridized carbons (Fsp3) is 0.438. The first-order chi connectivity index (χ1) is 10.3. The standard InChI is InChI=1S/C16H20F3NO2/c1-2-3-4-5-6-10-14(15(21)22)20-13-9-7-8-12(11-13)16(17,18)19/h2,7-9,11,14,20H,1,3-6,10H2,(H,21,22)/t14-/m0/s1. The molecule has 0 bridgehead atoms. The van der Waals surface area contributed by atoms with Crippen molar-refractivity contribution < 1.29 is 23.1 Å². The molecule has 3 nitrogen and oxygen atoms in total. The fourth-order valence-corrected chi connectivity index (χ4v) is 2.06. The maximum absolute atomic E-state index is 12.6. The number of benzene rings is 1. The first-order valence-electron chi connectivity index (χ1n) is 7.12. The largest absolute Gasteiger partial charge is 0.480 e. The highest BCUT2D eigenvalue weighted by molar-refractivity contribution is 5.77. The average molecular weight is 315 g/mol. The average Bonchev–Trinajstić information content (AvgIpc) is 2.45. The highest BCUT2D eigenvalue weighted by atomic mass is 19.4. The number of hydrogen-bond donors (Lipinski definition) is 2. The Morgan fingerprint density at radius 2 is 2.05 bits per heavy atom. The van der Waals surface area contributed by atoms with E-state index in [0.717, 1.165) is 31.4 Å². The van der Waals surface area contributed by atoms with Gasteiger partial charge in [0.15, 0.2) is 0 Å². The smallest absolute Gasteiger partial charge is 0.416 e. The minimum absolute atomic E-state index is 0.160. The van der Waals surface area contributed by atoms with Gasteiger partial charge in [0.2, 0.25) is 0 Å². The molecule has 0 aliphatic carbocycles. The second kappa shape index (κ2) is 8.46. The molecule has 1 aromatic carbocycles. The third-order valence-corrected chi connectivity index (χ3v) is 3.23. The van der Waals surface area contributed by atoms with Crippen molar-refractivity contribution in [3.05, 3.63) is 42.5 Å². The third-order valence-electron chi connectivity index (χ3n) is 3.23. The van der Waals surface area contributed by atoms with E-state index < -0.39 is 23.8 Å². The van der Waals surface area contributed by atoms with Gasteiger partial charge in [-0.25, -0.2) is 4.79 Å². The number of hydrogen-bond acceptors (Lipinski definition) is 2. The third kappa shape index (κ3) is 6.20. The zero-order valence-electron chi connectivity index (χ0n) is 12.2. The summed E-state index contributed by atoms with van der Waals surface area (Å²) in [5.74, 6) is -1.07. The summed E-state index contributed by atoms with van der Waals surface area (Å²) in [6.07, 6.45) is 1.08. The number of allylic oxidation sites excluding steroid dienone is 1. The van der Waals surface area contributed by atoms with Gasteiger partial charge in [0.25, 0.3) is 0 Å². The van der Waals surface area contributed by atoms with Gasteiger partial charge in [0, 0.05) is 5.69 Å². The number of anilines is 1. The number of aliphatic carboxylic acids is 1. The van der Waals surface area contributed by atoms with E-state index in [1.165, 1.54) is 12.1 Å². The molecule has 6 heteroatoms. The lowest BCUT2D eigenvalue weighted by Gasteiger charge is -2.17. The number of halogens is 3. The molecule has 1 atom stereocenters. The van der Waals surface area contributed by atoms with Crippen LogP contribution in [0.15, 0.2) is 36.9 Å². The van der Waals surface area contributed by atoms with Gasteiger partial charge < -0.3 is 10.4 Å². The fourth-order valence-electron chi connectivity index (χ4n) is 2.06. The van der Waals surface area contributed by atoms with Crippen LogP contribution in [0, 0.1) is 0 Å². The van der Waals surface area contributed by atoms with Crippen LogP contribution in [-0.2, 0) is 11.0 Å². The molecule has 1 rings (SSSR count). The van der Waals surface area contributed by atoms with Crippen LogP contribution >= 0.6 is 0 Å². The van der Waals surface area contributed by atoms with Crippen LogP contribution in [0.4, 0.5) is 18.9 Å². The summed E-state index contributed by atoms with van der Waals surface area (Å²) in [6, 6.07) is 3.67. The molecule has 122 valence electrons. The Labute approximate surface area is 127 Å². The van der Waals surface area contributed by atoms with Gasteiger partial charge in [0.1, 0.15) is 6.04 Å². The number of carboxylic acid groups (broad SMARTS) is 1. The predicted molar refractivity (Wildman–Crippen MR) is 79.8 cm³/mol. The van der Waals surface area contributed by atoms with Gasteiger partial charge in [-0.1, -0.05) is 25.0 Å². The van der Waals surface area contributed by atoms with Gasteiger partial charge in [-0.3, -0.25) is 0 Å². The number of unbranched alkanes of at least 4 members (excludes halogenated alkanes) is 3. The van der Waals surface area contributed by atoms with Crippen LogP contribution in [0.3, 0.4) is 0 Å². The van der Waals surface area contributed by atoms with Gasteiger partial charge in [-0.15, -0.1) is 6.58 Å². The summed E-state index contributed by atoms with van der Waals surface area (Å²) < 4.78 is 37.9. The Balaban J connectivity index is 2.63. The van der Waals surface area contributed by atoms with E-state index in [0.29, 0.717) is 12.8 Å². The first-order valence-corrected chi connectivity index (χ1v) is 7.12. The van der Waals surface area contributed by atoms with Crippen molar-refractivity contribution in [2.45, 2.75) is 44.3 Å². The molecular formula is C16H20F3NO2. The van der Waals surface area contributed by atoms with Gasteiger partial charge in [-0.05, 0) is 37.5 Å². The molecule has 0 saturated heterocycles. The van der Waals surface area contributed by atoms with Crippen molar-refractivity contribution in [2.24, 2.45) is 0 Å². The van der Waals surface area contributed by atoms with E-state index in [-0.39, 0.29) is 5.69 Å². The lowest BCUT2D eigenvalue weighted by Crippen LogP contribution is -2.29. The van der Waals surface area contributed by atoms with Crippen molar-refractivity contribution >= 4 is 11.7 Å². The van der Waals surface area contributed by atoms with Gasteiger partial charge in [-0.2, -0.15) is 13.2 Å².